The number of nitrogens with zero attached hydrogens (tertiary/aromatic N) is 1. The van der Waals surface area contributed by atoms with Crippen LogP contribution in [0.3, 0.4) is 0 Å². The molecule has 0 saturated heterocycles. The maximum Gasteiger partial charge on any atom is 0.310 e. The molecule has 110 valence electrons. The van der Waals surface area contributed by atoms with Gasteiger partial charge in [-0.3, -0.25) is 10.1 Å². The Balaban J connectivity index is 2.23. The second kappa shape index (κ2) is 6.27. The molecule has 2 aromatic rings. The zero-order valence-electron chi connectivity index (χ0n) is 10.9. The number of halogens is 2. The molecule has 0 aliphatic rings. The molecule has 5 nitrogen and oxygen atoms in total. The average Bonchev–Trinajstić information content (AvgIpc) is 2.43. The van der Waals surface area contributed by atoms with Gasteiger partial charge in [0.15, 0.2) is 5.75 Å². The van der Waals surface area contributed by atoms with Crippen molar-refractivity contribution in [2.75, 3.05) is 0 Å². The number of rotatable bonds is 5. The van der Waals surface area contributed by atoms with Gasteiger partial charge in [0.1, 0.15) is 18.2 Å². The minimum absolute atomic E-state index is 0.00705. The molecule has 0 heterocycles. The Hall–Kier alpha value is -2.54. The van der Waals surface area contributed by atoms with Crippen LogP contribution < -0.4 is 10.5 Å². The van der Waals surface area contributed by atoms with Gasteiger partial charge in [-0.25, -0.2) is 8.78 Å². The van der Waals surface area contributed by atoms with Crippen LogP contribution in [0.2, 0.25) is 0 Å². The summed E-state index contributed by atoms with van der Waals surface area (Å²) in [5.74, 6) is -1.47. The van der Waals surface area contributed by atoms with E-state index >= 15 is 0 Å². The highest BCUT2D eigenvalue weighted by atomic mass is 19.1. The predicted molar refractivity (Wildman–Crippen MR) is 71.7 cm³/mol. The molecule has 0 bridgehead atoms. The number of benzene rings is 2. The molecule has 0 amide bonds. The van der Waals surface area contributed by atoms with Gasteiger partial charge >= 0.3 is 5.69 Å². The van der Waals surface area contributed by atoms with Crippen molar-refractivity contribution < 1.29 is 18.4 Å². The molecule has 0 fully saturated rings. The van der Waals surface area contributed by atoms with Gasteiger partial charge in [-0.2, -0.15) is 0 Å². The summed E-state index contributed by atoms with van der Waals surface area (Å²) in [6, 6.07) is 7.18. The van der Waals surface area contributed by atoms with Crippen LogP contribution in [-0.2, 0) is 13.2 Å². The number of ether oxygens (including phenoxy) is 1. The molecule has 2 rings (SSSR count). The lowest BCUT2D eigenvalue weighted by molar-refractivity contribution is -0.386. The first-order valence-electron chi connectivity index (χ1n) is 6.04. The van der Waals surface area contributed by atoms with E-state index < -0.39 is 16.6 Å². The summed E-state index contributed by atoms with van der Waals surface area (Å²) >= 11 is 0. The third-order valence-corrected chi connectivity index (χ3v) is 2.77. The lowest BCUT2D eigenvalue weighted by Gasteiger charge is -2.08. The molecule has 0 aliphatic carbocycles. The average molecular weight is 294 g/mol. The number of nitrogens with two attached hydrogens (primary N) is 1. The van der Waals surface area contributed by atoms with Crippen molar-refractivity contribution in [2.24, 2.45) is 5.73 Å². The second-order valence-electron chi connectivity index (χ2n) is 4.33. The Kier molecular flexibility index (Phi) is 4.44. The third-order valence-electron chi connectivity index (χ3n) is 2.77. The van der Waals surface area contributed by atoms with Crippen LogP contribution >= 0.6 is 0 Å². The van der Waals surface area contributed by atoms with Crippen molar-refractivity contribution in [1.29, 1.82) is 0 Å². The zero-order valence-corrected chi connectivity index (χ0v) is 10.9. The van der Waals surface area contributed by atoms with Crippen LogP contribution in [0.5, 0.6) is 5.75 Å². The Morgan fingerprint density at radius 2 is 1.76 bits per heavy atom. The SMILES string of the molecule is NCc1ccc([N+](=O)[O-])c(OCc2cc(F)cc(F)c2)c1. The van der Waals surface area contributed by atoms with Gasteiger partial charge in [-0.15, -0.1) is 0 Å². The van der Waals surface area contributed by atoms with Gasteiger partial charge in [0.2, 0.25) is 0 Å². The Morgan fingerprint density at radius 3 is 2.33 bits per heavy atom. The quantitative estimate of drug-likeness (QED) is 0.679. The van der Waals surface area contributed by atoms with Crippen molar-refractivity contribution in [3.8, 4) is 5.75 Å². The van der Waals surface area contributed by atoms with E-state index in [1.165, 1.54) is 18.2 Å². The first kappa shape index (κ1) is 14.9. The molecular weight excluding hydrogens is 282 g/mol. The Morgan fingerprint density at radius 1 is 1.10 bits per heavy atom. The molecule has 2 aromatic carbocycles. The van der Waals surface area contributed by atoms with Crippen molar-refractivity contribution in [3.05, 3.63) is 69.3 Å². The summed E-state index contributed by atoms with van der Waals surface area (Å²) in [5, 5.41) is 10.9. The second-order valence-corrected chi connectivity index (χ2v) is 4.33. The van der Waals surface area contributed by atoms with E-state index in [1.54, 1.807) is 0 Å². The van der Waals surface area contributed by atoms with Crippen LogP contribution in [0, 0.1) is 21.7 Å². The first-order valence-corrected chi connectivity index (χ1v) is 6.04. The minimum Gasteiger partial charge on any atom is -0.482 e. The van der Waals surface area contributed by atoms with Crippen LogP contribution in [-0.4, -0.2) is 4.92 Å². The lowest BCUT2D eigenvalue weighted by Crippen LogP contribution is -2.02. The summed E-state index contributed by atoms with van der Waals surface area (Å²) in [4.78, 5) is 10.3. The van der Waals surface area contributed by atoms with E-state index in [0.717, 1.165) is 18.2 Å². The van der Waals surface area contributed by atoms with Crippen LogP contribution in [0.25, 0.3) is 0 Å². The highest BCUT2D eigenvalue weighted by Gasteiger charge is 2.15. The fraction of sp³-hybridized carbons (Fsp3) is 0.143. The minimum atomic E-state index is -0.737. The van der Waals surface area contributed by atoms with Crippen LogP contribution in [0.4, 0.5) is 14.5 Å². The first-order chi connectivity index (χ1) is 9.99. The molecule has 2 N–H and O–H groups in total. The van der Waals surface area contributed by atoms with E-state index in [4.69, 9.17) is 10.5 Å². The van der Waals surface area contributed by atoms with Crippen molar-refractivity contribution in [1.82, 2.24) is 0 Å². The smallest absolute Gasteiger partial charge is 0.310 e. The molecule has 0 unspecified atom stereocenters. The number of nitro benzene ring substituents is 1. The fourth-order valence-corrected chi connectivity index (χ4v) is 1.81. The molecule has 7 heteroatoms. The van der Waals surface area contributed by atoms with Gasteiger partial charge in [0.25, 0.3) is 0 Å². The maximum absolute atomic E-state index is 13.1. The molecule has 0 atom stereocenters. The van der Waals surface area contributed by atoms with Gasteiger partial charge in [-0.05, 0) is 29.3 Å². The summed E-state index contributed by atoms with van der Waals surface area (Å²) in [6.07, 6.45) is 0. The number of nitro groups is 1. The van der Waals surface area contributed by atoms with E-state index in [0.29, 0.717) is 5.56 Å². The molecule has 0 spiro atoms. The monoisotopic (exact) mass is 294 g/mol. The molecule has 21 heavy (non-hydrogen) atoms. The normalized spacial score (nSPS) is 10.4. The van der Waals surface area contributed by atoms with Crippen molar-refractivity contribution >= 4 is 5.69 Å². The van der Waals surface area contributed by atoms with E-state index in [2.05, 4.69) is 0 Å². The van der Waals surface area contributed by atoms with E-state index in [1.807, 2.05) is 0 Å². The van der Waals surface area contributed by atoms with E-state index in [9.17, 15) is 18.9 Å². The molecule has 0 saturated carbocycles. The van der Waals surface area contributed by atoms with Crippen LogP contribution in [0.15, 0.2) is 36.4 Å². The fourth-order valence-electron chi connectivity index (χ4n) is 1.81. The summed E-state index contributed by atoms with van der Waals surface area (Å²) in [7, 11) is 0. The molecule has 0 aromatic heterocycles. The predicted octanol–water partition coefficient (Wildman–Crippen LogP) is 2.91. The summed E-state index contributed by atoms with van der Waals surface area (Å²) in [5.41, 5.74) is 6.12. The summed E-state index contributed by atoms with van der Waals surface area (Å²) in [6.45, 7) is 0.00644. The largest absolute Gasteiger partial charge is 0.482 e. The zero-order chi connectivity index (χ0) is 15.4. The standard InChI is InChI=1S/C14H12F2N2O3/c15-11-3-10(4-12(16)6-11)8-21-14-5-9(7-17)1-2-13(14)18(19)20/h1-6H,7-8,17H2. The summed E-state index contributed by atoms with van der Waals surface area (Å²) < 4.78 is 31.4. The topological polar surface area (TPSA) is 78.4 Å². The van der Waals surface area contributed by atoms with Crippen molar-refractivity contribution in [3.63, 3.8) is 0 Å². The maximum atomic E-state index is 13.1. The van der Waals surface area contributed by atoms with Gasteiger partial charge in [0, 0.05) is 18.7 Å². The van der Waals surface area contributed by atoms with Crippen LogP contribution in [0.1, 0.15) is 11.1 Å². The van der Waals surface area contributed by atoms with Gasteiger partial charge in [-0.1, -0.05) is 6.07 Å². The third kappa shape index (κ3) is 3.73. The Labute approximate surface area is 119 Å². The molecular formula is C14H12F2N2O3. The van der Waals surface area contributed by atoms with Gasteiger partial charge < -0.3 is 10.5 Å². The molecule has 0 radical (unpaired) electrons. The molecule has 0 aliphatic heterocycles. The van der Waals surface area contributed by atoms with Crippen molar-refractivity contribution in [2.45, 2.75) is 13.2 Å². The number of hydrogen-bond donors (Lipinski definition) is 1. The highest BCUT2D eigenvalue weighted by Crippen LogP contribution is 2.28. The number of hydrogen-bond acceptors (Lipinski definition) is 4. The highest BCUT2D eigenvalue weighted by molar-refractivity contribution is 5.48. The van der Waals surface area contributed by atoms with Gasteiger partial charge in [0.05, 0.1) is 4.92 Å². The lowest BCUT2D eigenvalue weighted by atomic mass is 10.2. The Bertz CT molecular complexity index is 657. The van der Waals surface area contributed by atoms with E-state index in [-0.39, 0.29) is 30.2 Å².